The molecule has 3 aromatic carbocycles. The van der Waals surface area contributed by atoms with Crippen molar-refractivity contribution in [2.75, 3.05) is 6.61 Å². The zero-order chi connectivity index (χ0) is 25.6. The van der Waals surface area contributed by atoms with Gasteiger partial charge in [0.25, 0.3) is 5.91 Å². The van der Waals surface area contributed by atoms with Crippen LogP contribution in [-0.4, -0.2) is 29.2 Å². The van der Waals surface area contributed by atoms with Crippen molar-refractivity contribution in [2.45, 2.75) is 22.6 Å². The van der Waals surface area contributed by atoms with E-state index in [0.29, 0.717) is 17.2 Å². The lowest BCUT2D eigenvalue weighted by Gasteiger charge is -2.21. The maximum atomic E-state index is 13.3. The zero-order valence-corrected chi connectivity index (χ0v) is 21.3. The molecule has 37 heavy (non-hydrogen) atoms. The number of nitrogens with zero attached hydrogens (tertiary/aromatic N) is 2. The molecular formula is C29H23ClN2O4S. The van der Waals surface area contributed by atoms with Gasteiger partial charge < -0.3 is 9.15 Å². The third-order valence-corrected chi connectivity index (χ3v) is 7.36. The standard InChI is InChI=1S/C29H23ClN2O4S/c30-22-15-13-20(14-16-22)24-18-25(26-12-7-17-35-26)32(31-24)27(33)19-36-29(34)28(21-8-3-1-4-9-21)37-23-10-5-2-6-11-23/h1-17,25,28H,18-19H2/t25-,28-/m0/s1. The normalized spacial score (nSPS) is 15.8. The summed E-state index contributed by atoms with van der Waals surface area (Å²) in [6.07, 6.45) is 2.02. The summed E-state index contributed by atoms with van der Waals surface area (Å²) in [6.45, 7) is -0.438. The van der Waals surface area contributed by atoms with Gasteiger partial charge in [-0.15, -0.1) is 11.8 Å². The summed E-state index contributed by atoms with van der Waals surface area (Å²) in [7, 11) is 0. The number of carbonyl (C=O) groups is 2. The van der Waals surface area contributed by atoms with Gasteiger partial charge in [-0.1, -0.05) is 72.3 Å². The second kappa shape index (κ2) is 11.5. The van der Waals surface area contributed by atoms with Crippen LogP contribution in [0.5, 0.6) is 0 Å². The molecule has 2 heterocycles. The summed E-state index contributed by atoms with van der Waals surface area (Å²) < 4.78 is 11.1. The average molecular weight is 531 g/mol. The Balaban J connectivity index is 1.33. The molecule has 4 aromatic rings. The van der Waals surface area contributed by atoms with Gasteiger partial charge in [-0.25, -0.2) is 5.01 Å². The minimum Gasteiger partial charge on any atom is -0.467 e. The Bertz CT molecular complexity index is 1380. The monoisotopic (exact) mass is 530 g/mol. The third-order valence-electron chi connectivity index (χ3n) is 5.87. The molecule has 1 aliphatic rings. The molecule has 6 nitrogen and oxygen atoms in total. The third kappa shape index (κ3) is 5.96. The molecule has 8 heteroatoms. The number of hydrogen-bond donors (Lipinski definition) is 0. The highest BCUT2D eigenvalue weighted by molar-refractivity contribution is 8.00. The fourth-order valence-corrected chi connectivity index (χ4v) is 5.22. The highest BCUT2D eigenvalue weighted by Crippen LogP contribution is 2.37. The molecule has 0 fully saturated rings. The Kier molecular flexibility index (Phi) is 7.73. The van der Waals surface area contributed by atoms with Crippen LogP contribution in [0, 0.1) is 0 Å². The number of esters is 1. The van der Waals surface area contributed by atoms with Crippen LogP contribution in [0.4, 0.5) is 0 Å². The lowest BCUT2D eigenvalue weighted by Crippen LogP contribution is -2.31. The molecule has 0 saturated heterocycles. The predicted molar refractivity (Wildman–Crippen MR) is 143 cm³/mol. The quantitative estimate of drug-likeness (QED) is 0.187. The smallest absolute Gasteiger partial charge is 0.324 e. The van der Waals surface area contributed by atoms with Gasteiger partial charge in [0, 0.05) is 16.3 Å². The van der Waals surface area contributed by atoms with Crippen molar-refractivity contribution in [1.82, 2.24) is 5.01 Å². The molecule has 0 spiro atoms. The van der Waals surface area contributed by atoms with Crippen molar-refractivity contribution in [3.63, 3.8) is 0 Å². The maximum Gasteiger partial charge on any atom is 0.324 e. The van der Waals surface area contributed by atoms with Gasteiger partial charge in [0.2, 0.25) is 0 Å². The molecule has 0 radical (unpaired) electrons. The van der Waals surface area contributed by atoms with E-state index in [-0.39, 0.29) is 0 Å². The number of amides is 1. The second-order valence-electron chi connectivity index (χ2n) is 8.36. The molecule has 0 aliphatic carbocycles. The van der Waals surface area contributed by atoms with Crippen LogP contribution in [0.2, 0.25) is 5.02 Å². The predicted octanol–water partition coefficient (Wildman–Crippen LogP) is 6.69. The van der Waals surface area contributed by atoms with Crippen LogP contribution < -0.4 is 0 Å². The van der Waals surface area contributed by atoms with E-state index in [2.05, 4.69) is 5.10 Å². The minimum absolute atomic E-state index is 0.435. The Labute approximate surface area is 223 Å². The lowest BCUT2D eigenvalue weighted by atomic mass is 10.0. The van der Waals surface area contributed by atoms with Gasteiger partial charge >= 0.3 is 5.97 Å². The van der Waals surface area contributed by atoms with Crippen LogP contribution in [0.1, 0.15) is 34.6 Å². The summed E-state index contributed by atoms with van der Waals surface area (Å²) in [5.74, 6) is -0.325. The van der Waals surface area contributed by atoms with Crippen LogP contribution >= 0.6 is 23.4 Å². The van der Waals surface area contributed by atoms with E-state index in [9.17, 15) is 9.59 Å². The molecule has 5 rings (SSSR count). The topological polar surface area (TPSA) is 72.1 Å². The highest BCUT2D eigenvalue weighted by atomic mass is 35.5. The molecule has 0 unspecified atom stereocenters. The molecule has 0 N–H and O–H groups in total. The van der Waals surface area contributed by atoms with Crippen LogP contribution in [-0.2, 0) is 14.3 Å². The first kappa shape index (κ1) is 24.9. The first-order valence-corrected chi connectivity index (χ1v) is 13.0. The van der Waals surface area contributed by atoms with E-state index in [1.54, 1.807) is 30.5 Å². The molecule has 186 valence electrons. The molecule has 0 saturated carbocycles. The van der Waals surface area contributed by atoms with Gasteiger partial charge in [-0.3, -0.25) is 9.59 Å². The molecule has 1 aliphatic heterocycles. The Morgan fingerprint density at radius 3 is 2.35 bits per heavy atom. The van der Waals surface area contributed by atoms with Crippen LogP contribution in [0.3, 0.4) is 0 Å². The number of rotatable bonds is 8. The fraction of sp³-hybridized carbons (Fsp3) is 0.138. The van der Waals surface area contributed by atoms with Crippen molar-refractivity contribution in [3.8, 4) is 0 Å². The van der Waals surface area contributed by atoms with Gasteiger partial charge in [0.15, 0.2) is 6.61 Å². The average Bonchev–Trinajstić information content (AvgIpc) is 3.62. The first-order chi connectivity index (χ1) is 18.1. The SMILES string of the molecule is O=C(OCC(=O)N1N=C(c2ccc(Cl)cc2)C[C@H]1c1ccco1)[C@@H](Sc1ccccc1)c1ccccc1. The van der Waals surface area contributed by atoms with Crippen molar-refractivity contribution in [1.29, 1.82) is 0 Å². The van der Waals surface area contributed by atoms with Crippen molar-refractivity contribution >= 4 is 41.0 Å². The highest BCUT2D eigenvalue weighted by Gasteiger charge is 2.35. The zero-order valence-electron chi connectivity index (χ0n) is 19.7. The van der Waals surface area contributed by atoms with E-state index in [1.165, 1.54) is 16.8 Å². The number of hydrogen-bond acceptors (Lipinski definition) is 6. The van der Waals surface area contributed by atoms with Gasteiger partial charge in [0.05, 0.1) is 12.0 Å². The lowest BCUT2D eigenvalue weighted by molar-refractivity contribution is -0.152. The number of benzene rings is 3. The van der Waals surface area contributed by atoms with Gasteiger partial charge in [0.1, 0.15) is 17.1 Å². The van der Waals surface area contributed by atoms with E-state index < -0.39 is 29.8 Å². The number of halogens is 1. The number of furan rings is 1. The van der Waals surface area contributed by atoms with Crippen LogP contribution in [0.15, 0.2) is 118 Å². The Hall–Kier alpha value is -3.81. The van der Waals surface area contributed by atoms with Gasteiger partial charge in [-0.2, -0.15) is 5.10 Å². The maximum absolute atomic E-state index is 13.3. The fourth-order valence-electron chi connectivity index (χ4n) is 4.05. The van der Waals surface area contributed by atoms with Crippen molar-refractivity contribution in [2.24, 2.45) is 5.10 Å². The number of hydrazone groups is 1. The van der Waals surface area contributed by atoms with E-state index in [0.717, 1.165) is 21.7 Å². The summed E-state index contributed by atoms with van der Waals surface area (Å²) in [5.41, 5.74) is 2.38. The summed E-state index contributed by atoms with van der Waals surface area (Å²) in [6, 6.07) is 29.4. The van der Waals surface area contributed by atoms with Crippen molar-refractivity contribution in [3.05, 3.63) is 125 Å². The molecule has 1 aromatic heterocycles. The summed E-state index contributed by atoms with van der Waals surface area (Å²) >= 11 is 7.41. The largest absolute Gasteiger partial charge is 0.467 e. The summed E-state index contributed by atoms with van der Waals surface area (Å²) in [5, 5.41) is 5.92. The molecule has 2 atom stereocenters. The molecule has 0 bridgehead atoms. The van der Waals surface area contributed by atoms with Crippen molar-refractivity contribution < 1.29 is 18.7 Å². The number of ether oxygens (including phenoxy) is 1. The Morgan fingerprint density at radius 2 is 1.68 bits per heavy atom. The minimum atomic E-state index is -0.621. The number of carbonyl (C=O) groups excluding carboxylic acids is 2. The number of thioether (sulfide) groups is 1. The second-order valence-corrected chi connectivity index (χ2v) is 9.97. The van der Waals surface area contributed by atoms with E-state index in [4.69, 9.17) is 20.8 Å². The summed E-state index contributed by atoms with van der Waals surface area (Å²) in [4.78, 5) is 27.4. The Morgan fingerprint density at radius 1 is 0.973 bits per heavy atom. The molecule has 1 amide bonds. The first-order valence-electron chi connectivity index (χ1n) is 11.7. The van der Waals surface area contributed by atoms with Gasteiger partial charge in [-0.05, 0) is 47.5 Å². The van der Waals surface area contributed by atoms with E-state index in [1.807, 2.05) is 72.8 Å². The molecular weight excluding hydrogens is 508 g/mol. The van der Waals surface area contributed by atoms with Crippen LogP contribution in [0.25, 0.3) is 0 Å². The van der Waals surface area contributed by atoms with E-state index >= 15 is 0 Å².